The van der Waals surface area contributed by atoms with E-state index in [2.05, 4.69) is 5.32 Å². The number of nitrogens with one attached hydrogen (secondary N) is 1. The first-order chi connectivity index (χ1) is 11.9. The number of amides is 2. The summed E-state index contributed by atoms with van der Waals surface area (Å²) in [5, 5.41) is 2.88. The van der Waals surface area contributed by atoms with Gasteiger partial charge in [0.05, 0.1) is 0 Å². The standard InChI is InChI=1S/C21H26N2O2/c1-4-23(16-18-13-9-6-10-14-18)20(25)21(2,3)19(24)22-15-17-11-7-5-8-12-17/h5-14H,4,15-16H2,1-3H3,(H,22,24). The van der Waals surface area contributed by atoms with Crippen LogP contribution in [0.1, 0.15) is 31.9 Å². The number of benzene rings is 2. The molecule has 0 heterocycles. The predicted molar refractivity (Wildman–Crippen MR) is 99.6 cm³/mol. The summed E-state index contributed by atoms with van der Waals surface area (Å²) in [7, 11) is 0. The van der Waals surface area contributed by atoms with Gasteiger partial charge in [-0.05, 0) is 31.9 Å². The van der Waals surface area contributed by atoms with Crippen molar-refractivity contribution in [2.45, 2.75) is 33.9 Å². The Kier molecular flexibility index (Phi) is 6.34. The summed E-state index contributed by atoms with van der Waals surface area (Å²) >= 11 is 0. The Balaban J connectivity index is 2.02. The lowest BCUT2D eigenvalue weighted by molar-refractivity contribution is -0.149. The number of nitrogens with zero attached hydrogens (tertiary/aromatic N) is 1. The van der Waals surface area contributed by atoms with E-state index < -0.39 is 5.41 Å². The van der Waals surface area contributed by atoms with Crippen molar-refractivity contribution in [1.82, 2.24) is 10.2 Å². The summed E-state index contributed by atoms with van der Waals surface area (Å²) < 4.78 is 0. The molecule has 0 radical (unpaired) electrons. The molecule has 0 fully saturated rings. The van der Waals surface area contributed by atoms with Gasteiger partial charge in [-0.2, -0.15) is 0 Å². The fourth-order valence-corrected chi connectivity index (χ4v) is 2.62. The number of hydrogen-bond donors (Lipinski definition) is 1. The fraction of sp³-hybridized carbons (Fsp3) is 0.333. The summed E-state index contributed by atoms with van der Waals surface area (Å²) in [4.78, 5) is 27.2. The van der Waals surface area contributed by atoms with Gasteiger partial charge < -0.3 is 10.2 Å². The molecule has 0 saturated carbocycles. The molecule has 0 unspecified atom stereocenters. The lowest BCUT2D eigenvalue weighted by Crippen LogP contribution is -2.49. The van der Waals surface area contributed by atoms with E-state index in [0.29, 0.717) is 19.6 Å². The van der Waals surface area contributed by atoms with Gasteiger partial charge in [-0.1, -0.05) is 60.7 Å². The zero-order valence-electron chi connectivity index (χ0n) is 15.2. The fourth-order valence-electron chi connectivity index (χ4n) is 2.62. The Morgan fingerprint density at radius 3 is 1.96 bits per heavy atom. The molecule has 132 valence electrons. The van der Waals surface area contributed by atoms with Crippen molar-refractivity contribution < 1.29 is 9.59 Å². The molecule has 0 saturated heterocycles. The smallest absolute Gasteiger partial charge is 0.237 e. The molecule has 0 aliphatic rings. The highest BCUT2D eigenvalue weighted by Crippen LogP contribution is 2.21. The van der Waals surface area contributed by atoms with Gasteiger partial charge >= 0.3 is 0 Å². The maximum atomic E-state index is 12.9. The number of carbonyl (C=O) groups excluding carboxylic acids is 2. The van der Waals surface area contributed by atoms with Crippen molar-refractivity contribution in [3.8, 4) is 0 Å². The lowest BCUT2D eigenvalue weighted by atomic mass is 9.90. The summed E-state index contributed by atoms with van der Waals surface area (Å²) in [6, 6.07) is 19.5. The Morgan fingerprint density at radius 1 is 0.920 bits per heavy atom. The normalized spacial score (nSPS) is 11.0. The maximum absolute atomic E-state index is 12.9. The minimum Gasteiger partial charge on any atom is -0.351 e. The third-order valence-corrected chi connectivity index (χ3v) is 4.28. The molecule has 0 aliphatic carbocycles. The zero-order chi connectivity index (χ0) is 18.3. The number of rotatable bonds is 7. The van der Waals surface area contributed by atoms with Gasteiger partial charge in [-0.25, -0.2) is 0 Å². The van der Waals surface area contributed by atoms with Crippen LogP contribution >= 0.6 is 0 Å². The van der Waals surface area contributed by atoms with Crippen LogP contribution in [0.3, 0.4) is 0 Å². The van der Waals surface area contributed by atoms with Crippen LogP contribution in [0.2, 0.25) is 0 Å². The Labute approximate surface area is 149 Å². The lowest BCUT2D eigenvalue weighted by Gasteiger charge is -2.30. The molecule has 2 rings (SSSR count). The molecule has 2 aromatic carbocycles. The monoisotopic (exact) mass is 338 g/mol. The van der Waals surface area contributed by atoms with Crippen LogP contribution in [0.25, 0.3) is 0 Å². The summed E-state index contributed by atoms with van der Waals surface area (Å²) in [5.74, 6) is -0.419. The molecule has 1 N–H and O–H groups in total. The molecule has 2 amide bonds. The van der Waals surface area contributed by atoms with E-state index in [-0.39, 0.29) is 11.8 Å². The minimum atomic E-state index is -1.11. The average Bonchev–Trinajstić information content (AvgIpc) is 2.65. The van der Waals surface area contributed by atoms with Crippen LogP contribution in [-0.4, -0.2) is 23.3 Å². The number of hydrogen-bond acceptors (Lipinski definition) is 2. The Morgan fingerprint density at radius 2 is 1.44 bits per heavy atom. The molecular weight excluding hydrogens is 312 g/mol. The second-order valence-corrected chi connectivity index (χ2v) is 6.60. The molecule has 0 spiro atoms. The van der Waals surface area contributed by atoms with Crippen LogP contribution in [-0.2, 0) is 22.7 Å². The quantitative estimate of drug-likeness (QED) is 0.787. The highest BCUT2D eigenvalue weighted by atomic mass is 16.2. The van der Waals surface area contributed by atoms with Gasteiger partial charge in [0.1, 0.15) is 5.41 Å². The highest BCUT2D eigenvalue weighted by Gasteiger charge is 2.38. The van der Waals surface area contributed by atoms with E-state index in [4.69, 9.17) is 0 Å². The predicted octanol–water partition coefficient (Wildman–Crippen LogP) is 3.38. The van der Waals surface area contributed by atoms with Crippen molar-refractivity contribution in [3.63, 3.8) is 0 Å². The molecule has 0 aliphatic heterocycles. The molecule has 25 heavy (non-hydrogen) atoms. The molecule has 4 nitrogen and oxygen atoms in total. The largest absolute Gasteiger partial charge is 0.351 e. The van der Waals surface area contributed by atoms with Gasteiger partial charge in [0.15, 0.2) is 0 Å². The second kappa shape index (κ2) is 8.47. The van der Waals surface area contributed by atoms with Crippen LogP contribution in [0, 0.1) is 5.41 Å². The Hall–Kier alpha value is -2.62. The SMILES string of the molecule is CCN(Cc1ccccc1)C(=O)C(C)(C)C(=O)NCc1ccccc1. The van der Waals surface area contributed by atoms with Gasteiger partial charge in [-0.15, -0.1) is 0 Å². The van der Waals surface area contributed by atoms with E-state index in [1.54, 1.807) is 18.7 Å². The van der Waals surface area contributed by atoms with Gasteiger partial charge in [0, 0.05) is 19.6 Å². The molecular formula is C21H26N2O2. The van der Waals surface area contributed by atoms with Gasteiger partial charge in [0.25, 0.3) is 0 Å². The Bertz CT molecular complexity index is 696. The van der Waals surface area contributed by atoms with Crippen LogP contribution < -0.4 is 5.32 Å². The van der Waals surface area contributed by atoms with Crippen molar-refractivity contribution in [2.75, 3.05) is 6.54 Å². The van der Waals surface area contributed by atoms with Crippen molar-refractivity contribution in [3.05, 3.63) is 71.8 Å². The van der Waals surface area contributed by atoms with Crippen molar-refractivity contribution in [2.24, 2.45) is 5.41 Å². The van der Waals surface area contributed by atoms with Crippen molar-refractivity contribution in [1.29, 1.82) is 0 Å². The van der Waals surface area contributed by atoms with Crippen molar-refractivity contribution >= 4 is 11.8 Å². The second-order valence-electron chi connectivity index (χ2n) is 6.60. The van der Waals surface area contributed by atoms with Crippen LogP contribution in [0.4, 0.5) is 0 Å². The first-order valence-electron chi connectivity index (χ1n) is 8.60. The van der Waals surface area contributed by atoms with E-state index >= 15 is 0 Å². The number of carbonyl (C=O) groups is 2. The van der Waals surface area contributed by atoms with E-state index in [1.807, 2.05) is 67.6 Å². The topological polar surface area (TPSA) is 49.4 Å². The molecule has 0 atom stereocenters. The molecule has 4 heteroatoms. The summed E-state index contributed by atoms with van der Waals surface area (Å²) in [6.07, 6.45) is 0. The minimum absolute atomic E-state index is 0.163. The third-order valence-electron chi connectivity index (χ3n) is 4.28. The van der Waals surface area contributed by atoms with Gasteiger partial charge in [0.2, 0.25) is 11.8 Å². The highest BCUT2D eigenvalue weighted by molar-refractivity contribution is 6.04. The van der Waals surface area contributed by atoms with Crippen LogP contribution in [0.15, 0.2) is 60.7 Å². The van der Waals surface area contributed by atoms with Crippen LogP contribution in [0.5, 0.6) is 0 Å². The van der Waals surface area contributed by atoms with E-state index in [1.165, 1.54) is 0 Å². The first-order valence-corrected chi connectivity index (χ1v) is 8.60. The van der Waals surface area contributed by atoms with E-state index in [0.717, 1.165) is 11.1 Å². The van der Waals surface area contributed by atoms with Gasteiger partial charge in [-0.3, -0.25) is 9.59 Å². The first kappa shape index (κ1) is 18.7. The third kappa shape index (κ3) is 4.92. The average molecular weight is 338 g/mol. The van der Waals surface area contributed by atoms with E-state index in [9.17, 15) is 9.59 Å². The summed E-state index contributed by atoms with van der Waals surface area (Å²) in [5.41, 5.74) is 0.952. The molecule has 0 aromatic heterocycles. The maximum Gasteiger partial charge on any atom is 0.237 e. The zero-order valence-corrected chi connectivity index (χ0v) is 15.2. The summed E-state index contributed by atoms with van der Waals surface area (Å²) in [6.45, 7) is 6.78. The molecule has 0 bridgehead atoms. The molecule has 2 aromatic rings.